The van der Waals surface area contributed by atoms with E-state index in [0.717, 1.165) is 24.3 Å². The van der Waals surface area contributed by atoms with Crippen LogP contribution in [0, 0.1) is 5.92 Å². The molecule has 5 heteroatoms. The Morgan fingerprint density at radius 2 is 2.21 bits per heavy atom. The first-order valence-corrected chi connectivity index (χ1v) is 6.50. The maximum atomic E-state index is 5.39. The summed E-state index contributed by atoms with van der Waals surface area (Å²) in [5.41, 5.74) is 0.852. The number of ether oxygens (including phenoxy) is 1. The van der Waals surface area contributed by atoms with Crippen molar-refractivity contribution >= 4 is 0 Å². The van der Waals surface area contributed by atoms with Gasteiger partial charge in [-0.2, -0.15) is 4.98 Å². The van der Waals surface area contributed by atoms with Crippen molar-refractivity contribution in [1.29, 1.82) is 0 Å². The summed E-state index contributed by atoms with van der Waals surface area (Å²) in [6.45, 7) is 3.19. The third-order valence-electron chi connectivity index (χ3n) is 3.59. The van der Waals surface area contributed by atoms with Crippen LogP contribution in [0.2, 0.25) is 0 Å². The Morgan fingerprint density at radius 3 is 2.95 bits per heavy atom. The summed E-state index contributed by atoms with van der Waals surface area (Å²) in [5, 5.41) is 7.46. The third kappa shape index (κ3) is 2.21. The topological polar surface area (TPSA) is 60.2 Å². The predicted octanol–water partition coefficient (Wildman–Crippen LogP) is 2.42. The lowest BCUT2D eigenvalue weighted by molar-refractivity contribution is 0.319. The zero-order valence-electron chi connectivity index (χ0n) is 11.1. The molecule has 0 spiro atoms. The molecule has 0 saturated carbocycles. The van der Waals surface area contributed by atoms with Crippen molar-refractivity contribution in [3.05, 3.63) is 30.2 Å². The van der Waals surface area contributed by atoms with Gasteiger partial charge in [0.25, 0.3) is 0 Å². The fraction of sp³-hybridized carbons (Fsp3) is 0.429. The normalized spacial score (nSPS) is 22.6. The highest BCUT2D eigenvalue weighted by Gasteiger charge is 2.29. The van der Waals surface area contributed by atoms with E-state index < -0.39 is 0 Å². The van der Waals surface area contributed by atoms with Crippen LogP contribution in [-0.4, -0.2) is 23.8 Å². The fourth-order valence-corrected chi connectivity index (χ4v) is 2.47. The first-order chi connectivity index (χ1) is 9.29. The predicted molar refractivity (Wildman–Crippen MR) is 70.8 cm³/mol. The number of hydrogen-bond acceptors (Lipinski definition) is 5. The minimum absolute atomic E-state index is 0.163. The van der Waals surface area contributed by atoms with Crippen LogP contribution in [0.5, 0.6) is 5.75 Å². The number of hydrogen-bond donors (Lipinski definition) is 1. The van der Waals surface area contributed by atoms with Crippen LogP contribution in [0.15, 0.2) is 28.8 Å². The molecule has 2 atom stereocenters. The Balaban J connectivity index is 1.92. The van der Waals surface area contributed by atoms with Crippen molar-refractivity contribution in [2.45, 2.75) is 19.4 Å². The van der Waals surface area contributed by atoms with Gasteiger partial charge in [0, 0.05) is 0 Å². The number of benzene rings is 1. The standard InChI is InChI=1S/C14H17N3O2/c1-9-7-8-15-12(9)14-16-13(17-19-14)10-5-3-4-6-11(10)18-2/h3-6,9,12,15H,7-8H2,1-2H3. The molecule has 0 aliphatic carbocycles. The number of para-hydroxylation sites is 1. The average Bonchev–Trinajstić information content (AvgIpc) is 3.07. The summed E-state index contributed by atoms with van der Waals surface area (Å²) in [5.74, 6) is 2.51. The molecule has 1 aliphatic rings. The highest BCUT2D eigenvalue weighted by molar-refractivity contribution is 5.63. The van der Waals surface area contributed by atoms with Gasteiger partial charge in [0.2, 0.25) is 11.7 Å². The first kappa shape index (κ1) is 12.2. The molecule has 1 fully saturated rings. The molecular formula is C14H17N3O2. The van der Waals surface area contributed by atoms with Crippen molar-refractivity contribution in [2.75, 3.05) is 13.7 Å². The molecule has 1 saturated heterocycles. The lowest BCUT2D eigenvalue weighted by atomic mass is 10.0. The van der Waals surface area contributed by atoms with Crippen LogP contribution < -0.4 is 10.1 Å². The van der Waals surface area contributed by atoms with Gasteiger partial charge in [0.05, 0.1) is 18.7 Å². The monoisotopic (exact) mass is 259 g/mol. The molecule has 2 unspecified atom stereocenters. The quantitative estimate of drug-likeness (QED) is 0.917. The van der Waals surface area contributed by atoms with Crippen LogP contribution in [0.25, 0.3) is 11.4 Å². The summed E-state index contributed by atoms with van der Waals surface area (Å²) in [4.78, 5) is 4.50. The second-order valence-electron chi connectivity index (χ2n) is 4.85. The molecule has 1 aromatic carbocycles. The summed E-state index contributed by atoms with van der Waals surface area (Å²) in [6.07, 6.45) is 1.14. The maximum absolute atomic E-state index is 5.39. The summed E-state index contributed by atoms with van der Waals surface area (Å²) >= 11 is 0. The number of methoxy groups -OCH3 is 1. The number of rotatable bonds is 3. The van der Waals surface area contributed by atoms with Gasteiger partial charge < -0.3 is 14.6 Å². The van der Waals surface area contributed by atoms with E-state index in [0.29, 0.717) is 17.6 Å². The molecule has 100 valence electrons. The largest absolute Gasteiger partial charge is 0.496 e. The number of nitrogens with one attached hydrogen (secondary N) is 1. The smallest absolute Gasteiger partial charge is 0.244 e. The minimum Gasteiger partial charge on any atom is -0.496 e. The molecule has 1 aromatic heterocycles. The summed E-state index contributed by atoms with van der Waals surface area (Å²) in [7, 11) is 1.64. The fourth-order valence-electron chi connectivity index (χ4n) is 2.47. The molecule has 19 heavy (non-hydrogen) atoms. The number of nitrogens with zero attached hydrogens (tertiary/aromatic N) is 2. The van der Waals surface area contributed by atoms with E-state index >= 15 is 0 Å². The molecule has 2 aromatic rings. The van der Waals surface area contributed by atoms with E-state index in [2.05, 4.69) is 22.4 Å². The highest BCUT2D eigenvalue weighted by atomic mass is 16.5. The Kier molecular flexibility index (Phi) is 3.21. The zero-order chi connectivity index (χ0) is 13.2. The van der Waals surface area contributed by atoms with Gasteiger partial charge in [-0.25, -0.2) is 0 Å². The van der Waals surface area contributed by atoms with Gasteiger partial charge >= 0.3 is 0 Å². The Bertz CT molecular complexity index is 567. The van der Waals surface area contributed by atoms with Crippen LogP contribution in [0.4, 0.5) is 0 Å². The third-order valence-corrected chi connectivity index (χ3v) is 3.59. The lowest BCUT2D eigenvalue weighted by Crippen LogP contribution is -2.16. The van der Waals surface area contributed by atoms with Crippen LogP contribution >= 0.6 is 0 Å². The molecule has 1 aliphatic heterocycles. The molecule has 2 heterocycles. The number of aromatic nitrogens is 2. The van der Waals surface area contributed by atoms with Gasteiger partial charge in [0.1, 0.15) is 5.75 Å². The molecule has 5 nitrogen and oxygen atoms in total. The summed E-state index contributed by atoms with van der Waals surface area (Å²) in [6, 6.07) is 7.84. The van der Waals surface area contributed by atoms with Crippen molar-refractivity contribution in [3.63, 3.8) is 0 Å². The van der Waals surface area contributed by atoms with E-state index in [-0.39, 0.29) is 6.04 Å². The highest BCUT2D eigenvalue weighted by Crippen LogP contribution is 2.31. The van der Waals surface area contributed by atoms with E-state index in [1.807, 2.05) is 24.3 Å². The van der Waals surface area contributed by atoms with Crippen molar-refractivity contribution in [2.24, 2.45) is 5.92 Å². The average molecular weight is 259 g/mol. The van der Waals surface area contributed by atoms with E-state index in [4.69, 9.17) is 9.26 Å². The summed E-state index contributed by atoms with van der Waals surface area (Å²) < 4.78 is 10.7. The first-order valence-electron chi connectivity index (χ1n) is 6.50. The Morgan fingerprint density at radius 1 is 1.37 bits per heavy atom. The van der Waals surface area contributed by atoms with E-state index in [1.165, 1.54) is 0 Å². The van der Waals surface area contributed by atoms with Crippen LogP contribution in [0.3, 0.4) is 0 Å². The maximum Gasteiger partial charge on any atom is 0.244 e. The van der Waals surface area contributed by atoms with Crippen molar-refractivity contribution < 1.29 is 9.26 Å². The van der Waals surface area contributed by atoms with Gasteiger partial charge in [-0.15, -0.1) is 0 Å². The van der Waals surface area contributed by atoms with Gasteiger partial charge in [-0.3, -0.25) is 0 Å². The molecule has 0 amide bonds. The van der Waals surface area contributed by atoms with Crippen molar-refractivity contribution in [3.8, 4) is 17.1 Å². The van der Waals surface area contributed by atoms with Crippen LogP contribution in [0.1, 0.15) is 25.3 Å². The molecular weight excluding hydrogens is 242 g/mol. The molecule has 3 rings (SSSR count). The Labute approximate surface area is 112 Å². The Hall–Kier alpha value is -1.88. The van der Waals surface area contributed by atoms with Gasteiger partial charge in [0.15, 0.2) is 0 Å². The van der Waals surface area contributed by atoms with E-state index in [1.54, 1.807) is 7.11 Å². The SMILES string of the molecule is COc1ccccc1-c1noc(C2NCCC2C)n1. The zero-order valence-corrected chi connectivity index (χ0v) is 11.1. The van der Waals surface area contributed by atoms with Gasteiger partial charge in [-0.05, 0) is 31.0 Å². The molecule has 0 radical (unpaired) electrons. The lowest BCUT2D eigenvalue weighted by Gasteiger charge is -2.09. The minimum atomic E-state index is 0.163. The second-order valence-corrected chi connectivity index (χ2v) is 4.85. The molecule has 1 N–H and O–H groups in total. The van der Waals surface area contributed by atoms with Gasteiger partial charge in [-0.1, -0.05) is 24.2 Å². The molecule has 0 bridgehead atoms. The second kappa shape index (κ2) is 5.01. The van der Waals surface area contributed by atoms with E-state index in [9.17, 15) is 0 Å². The van der Waals surface area contributed by atoms with Crippen molar-refractivity contribution in [1.82, 2.24) is 15.5 Å². The van der Waals surface area contributed by atoms with Crippen LogP contribution in [-0.2, 0) is 0 Å².